The van der Waals surface area contributed by atoms with Gasteiger partial charge >= 0.3 is 12.3 Å². The van der Waals surface area contributed by atoms with Crippen LogP contribution in [0.1, 0.15) is 65.7 Å². The Labute approximate surface area is 280 Å². The second-order valence-corrected chi connectivity index (χ2v) is 13.7. The molecule has 7 rings (SSSR count). The van der Waals surface area contributed by atoms with Crippen LogP contribution >= 0.6 is 0 Å². The third-order valence-electron chi connectivity index (χ3n) is 9.05. The Morgan fingerprint density at radius 3 is 2.55 bits per heavy atom. The molecule has 14 heteroatoms. The highest BCUT2D eigenvalue weighted by Crippen LogP contribution is 2.54. The quantitative estimate of drug-likeness (QED) is 0.351. The molecule has 1 saturated heterocycles. The third-order valence-corrected chi connectivity index (χ3v) is 9.05. The van der Waals surface area contributed by atoms with E-state index in [2.05, 4.69) is 15.6 Å². The number of nitrogens with zero attached hydrogens (tertiary/aromatic N) is 3. The van der Waals surface area contributed by atoms with Gasteiger partial charge in [-0.3, -0.25) is 14.5 Å². The number of nitrogens with one attached hydrogen (secondary N) is 2. The molecule has 2 aromatic carbocycles. The van der Waals surface area contributed by atoms with E-state index in [-0.39, 0.29) is 35.6 Å². The maximum Gasteiger partial charge on any atom is 0.416 e. The molecule has 2 fully saturated rings. The number of pyridine rings is 1. The van der Waals surface area contributed by atoms with Gasteiger partial charge in [0.15, 0.2) is 0 Å². The summed E-state index contributed by atoms with van der Waals surface area (Å²) in [4.78, 5) is 45.0. The highest BCUT2D eigenvalue weighted by atomic mass is 19.4. The summed E-state index contributed by atoms with van der Waals surface area (Å²) in [5, 5.41) is 5.61. The Morgan fingerprint density at radius 2 is 1.82 bits per heavy atom. The number of alkyl halides is 3. The van der Waals surface area contributed by atoms with Crippen molar-refractivity contribution in [2.75, 3.05) is 31.5 Å². The van der Waals surface area contributed by atoms with Gasteiger partial charge in [0, 0.05) is 62.0 Å². The summed E-state index contributed by atoms with van der Waals surface area (Å²) in [7, 11) is 0. The molecule has 1 aromatic heterocycles. The first kappa shape index (κ1) is 32.7. The van der Waals surface area contributed by atoms with E-state index >= 15 is 0 Å². The maximum atomic E-state index is 14.2. The molecule has 4 aliphatic rings. The summed E-state index contributed by atoms with van der Waals surface area (Å²) in [5.74, 6) is 1.36. The number of aromatic nitrogens is 1. The molecular formula is C35H36F3N5O6. The fourth-order valence-electron chi connectivity index (χ4n) is 6.57. The molecule has 4 heterocycles. The molecule has 3 amide bonds. The molecule has 258 valence electrons. The first-order valence-corrected chi connectivity index (χ1v) is 16.2. The van der Waals surface area contributed by atoms with Gasteiger partial charge in [-0.05, 0) is 69.2 Å². The van der Waals surface area contributed by atoms with Crippen molar-refractivity contribution >= 4 is 23.7 Å². The number of ether oxygens (including phenoxy) is 3. The van der Waals surface area contributed by atoms with Gasteiger partial charge in [0.1, 0.15) is 34.8 Å². The summed E-state index contributed by atoms with van der Waals surface area (Å²) in [6, 6.07) is 10.4. The molecule has 11 nitrogen and oxygen atoms in total. The van der Waals surface area contributed by atoms with Crippen LogP contribution < -0.4 is 20.1 Å². The Kier molecular flexibility index (Phi) is 8.16. The van der Waals surface area contributed by atoms with Crippen LogP contribution in [0.4, 0.5) is 23.8 Å². The highest BCUT2D eigenvalue weighted by molar-refractivity contribution is 5.95. The highest BCUT2D eigenvalue weighted by Gasteiger charge is 2.59. The van der Waals surface area contributed by atoms with Crippen molar-refractivity contribution in [3.63, 3.8) is 0 Å². The number of anilines is 1. The van der Waals surface area contributed by atoms with Crippen LogP contribution in [0.3, 0.4) is 0 Å². The van der Waals surface area contributed by atoms with Gasteiger partial charge < -0.3 is 29.7 Å². The van der Waals surface area contributed by atoms with E-state index in [9.17, 15) is 27.6 Å². The lowest BCUT2D eigenvalue weighted by Gasteiger charge is -2.36. The Balaban J connectivity index is 0.993. The van der Waals surface area contributed by atoms with Crippen LogP contribution in [-0.2, 0) is 28.7 Å². The van der Waals surface area contributed by atoms with Crippen LogP contribution in [0.2, 0.25) is 0 Å². The summed E-state index contributed by atoms with van der Waals surface area (Å²) in [5.41, 5.74) is 0.0952. The monoisotopic (exact) mass is 679 g/mol. The SMILES string of the molecule is CC(C)(C)OC(=O)N1CCN(Cc2ccc(C(=O)N[C@@H]3C4Oc5ccc(Oc6ccnc7c6CCC(=O)N7)cc5[C@H]43)cc2C(F)(F)F)CC1. The zero-order valence-electron chi connectivity index (χ0n) is 27.2. The average molecular weight is 680 g/mol. The summed E-state index contributed by atoms with van der Waals surface area (Å²) < 4.78 is 60.3. The number of benzene rings is 2. The molecule has 0 bridgehead atoms. The lowest BCUT2D eigenvalue weighted by atomic mass is 10.0. The Hall–Kier alpha value is -4.85. The predicted molar refractivity (Wildman–Crippen MR) is 171 cm³/mol. The van der Waals surface area contributed by atoms with E-state index < -0.39 is 35.4 Å². The number of halogens is 3. The normalized spacial score (nSPS) is 21.5. The lowest BCUT2D eigenvalue weighted by molar-refractivity contribution is -0.138. The molecule has 0 spiro atoms. The van der Waals surface area contributed by atoms with Gasteiger partial charge in [-0.1, -0.05) is 6.07 Å². The van der Waals surface area contributed by atoms with Crippen molar-refractivity contribution in [1.29, 1.82) is 0 Å². The van der Waals surface area contributed by atoms with Gasteiger partial charge in [0.2, 0.25) is 5.91 Å². The van der Waals surface area contributed by atoms with Gasteiger partial charge in [0.05, 0.1) is 17.5 Å². The average Bonchev–Trinajstić information content (AvgIpc) is 3.55. The number of carbonyl (C=O) groups is 3. The lowest BCUT2D eigenvalue weighted by Crippen LogP contribution is -2.49. The molecule has 0 radical (unpaired) electrons. The fourth-order valence-corrected chi connectivity index (χ4v) is 6.57. The molecular weight excluding hydrogens is 643 g/mol. The number of hydrogen-bond acceptors (Lipinski definition) is 8. The van der Waals surface area contributed by atoms with E-state index in [1.165, 1.54) is 12.1 Å². The minimum atomic E-state index is -4.67. The van der Waals surface area contributed by atoms with Crippen molar-refractivity contribution in [3.05, 3.63) is 76.5 Å². The maximum absolute atomic E-state index is 14.2. The third kappa shape index (κ3) is 6.87. The van der Waals surface area contributed by atoms with Crippen LogP contribution in [0, 0.1) is 0 Å². The van der Waals surface area contributed by atoms with E-state index in [0.717, 1.165) is 17.2 Å². The zero-order chi connectivity index (χ0) is 34.7. The number of fused-ring (bicyclic) bond motifs is 4. The fraction of sp³-hybridized carbons (Fsp3) is 0.429. The zero-order valence-corrected chi connectivity index (χ0v) is 27.2. The first-order chi connectivity index (χ1) is 23.2. The molecule has 2 N–H and O–H groups in total. The van der Waals surface area contributed by atoms with Crippen molar-refractivity contribution in [2.24, 2.45) is 0 Å². The number of hydrogen-bond donors (Lipinski definition) is 2. The largest absolute Gasteiger partial charge is 0.487 e. The van der Waals surface area contributed by atoms with Crippen LogP contribution in [0.25, 0.3) is 0 Å². The van der Waals surface area contributed by atoms with Crippen molar-refractivity contribution in [3.8, 4) is 17.2 Å². The van der Waals surface area contributed by atoms with E-state index in [4.69, 9.17) is 14.2 Å². The minimum absolute atomic E-state index is 0.0254. The minimum Gasteiger partial charge on any atom is -0.487 e. The number of amides is 3. The van der Waals surface area contributed by atoms with E-state index in [0.29, 0.717) is 62.1 Å². The van der Waals surface area contributed by atoms with Gasteiger partial charge in [-0.15, -0.1) is 0 Å². The molecule has 3 aliphatic heterocycles. The molecule has 1 unspecified atom stereocenters. The summed E-state index contributed by atoms with van der Waals surface area (Å²) >= 11 is 0. The van der Waals surface area contributed by atoms with Crippen LogP contribution in [0.5, 0.6) is 17.2 Å². The smallest absolute Gasteiger partial charge is 0.416 e. The van der Waals surface area contributed by atoms with E-state index in [1.807, 2.05) is 11.0 Å². The molecule has 1 saturated carbocycles. The topological polar surface area (TPSA) is 122 Å². The summed E-state index contributed by atoms with van der Waals surface area (Å²) in [6.45, 7) is 6.81. The van der Waals surface area contributed by atoms with E-state index in [1.54, 1.807) is 50.1 Å². The number of piperazine rings is 1. The van der Waals surface area contributed by atoms with Gasteiger partial charge in [0.25, 0.3) is 5.91 Å². The van der Waals surface area contributed by atoms with Crippen molar-refractivity contribution in [1.82, 2.24) is 20.1 Å². The van der Waals surface area contributed by atoms with Crippen LogP contribution in [-0.4, -0.2) is 76.6 Å². The molecule has 49 heavy (non-hydrogen) atoms. The Bertz CT molecular complexity index is 1820. The predicted octanol–water partition coefficient (Wildman–Crippen LogP) is 5.49. The summed E-state index contributed by atoms with van der Waals surface area (Å²) in [6.07, 6.45) is -3.05. The Morgan fingerprint density at radius 1 is 1.04 bits per heavy atom. The van der Waals surface area contributed by atoms with Gasteiger partial charge in [-0.2, -0.15) is 13.2 Å². The molecule has 3 aromatic rings. The van der Waals surface area contributed by atoms with Crippen molar-refractivity contribution in [2.45, 2.75) is 70.0 Å². The second kappa shape index (κ2) is 12.2. The number of carbonyl (C=O) groups excluding carboxylic acids is 3. The molecule has 1 aliphatic carbocycles. The first-order valence-electron chi connectivity index (χ1n) is 16.2. The molecule has 3 atom stereocenters. The van der Waals surface area contributed by atoms with Crippen LogP contribution in [0.15, 0.2) is 48.7 Å². The number of rotatable bonds is 6. The second-order valence-electron chi connectivity index (χ2n) is 13.7. The standard InChI is InChI=1S/C35H36F3N5O6/c1-34(2,3)49-33(46)43-14-12-42(13-15-43)18-20-5-4-19(16-24(20)35(36,37)38)32(45)41-29-28-23-17-21(6-8-25(23)48-30(28)29)47-26-10-11-39-31-22(26)7-9-27(44)40-31/h4-6,8,10-11,16-17,28-30H,7,9,12-15,18H2,1-3H3,(H,41,45)(H,39,40,44)/t28-,29-,30?/m0/s1. The van der Waals surface area contributed by atoms with Gasteiger partial charge in [-0.25, -0.2) is 9.78 Å². The van der Waals surface area contributed by atoms with Crippen molar-refractivity contribution < 1.29 is 41.8 Å².